The number of thiophene rings is 1. The highest BCUT2D eigenvalue weighted by molar-refractivity contribution is 7.10. The van der Waals surface area contributed by atoms with Gasteiger partial charge in [0.1, 0.15) is 0 Å². The number of carbonyl (C=O) groups excluding carboxylic acids is 2. The maximum Gasteiger partial charge on any atom is 0.253 e. The van der Waals surface area contributed by atoms with Crippen molar-refractivity contribution in [3.8, 4) is 0 Å². The molecule has 2 amide bonds. The van der Waals surface area contributed by atoms with Crippen molar-refractivity contribution in [3.63, 3.8) is 0 Å². The van der Waals surface area contributed by atoms with Crippen LogP contribution in [0.25, 0.3) is 0 Å². The Morgan fingerprint density at radius 3 is 3.00 bits per heavy atom. The zero-order valence-corrected chi connectivity index (χ0v) is 12.0. The molecule has 1 aliphatic rings. The van der Waals surface area contributed by atoms with Gasteiger partial charge in [0.15, 0.2) is 5.60 Å². The first-order valence-corrected chi connectivity index (χ1v) is 7.09. The number of carbonyl (C=O) groups is 2. The van der Waals surface area contributed by atoms with Crippen molar-refractivity contribution < 1.29 is 14.3 Å². The molecule has 2 heterocycles. The normalized spacial score (nSPS) is 23.2. The first kappa shape index (κ1) is 14.0. The third-order valence-electron chi connectivity index (χ3n) is 3.24. The molecule has 19 heavy (non-hydrogen) atoms. The second kappa shape index (κ2) is 5.71. The highest BCUT2D eigenvalue weighted by Crippen LogP contribution is 2.19. The largest absolute Gasteiger partial charge is 0.362 e. The van der Waals surface area contributed by atoms with Crippen LogP contribution < -0.4 is 5.32 Å². The molecule has 2 rings (SSSR count). The van der Waals surface area contributed by atoms with E-state index in [1.54, 1.807) is 30.2 Å². The predicted molar refractivity (Wildman–Crippen MR) is 73.0 cm³/mol. The minimum atomic E-state index is -0.946. The minimum absolute atomic E-state index is 0.0425. The van der Waals surface area contributed by atoms with Crippen LogP contribution in [0.4, 0.5) is 0 Å². The van der Waals surface area contributed by atoms with Gasteiger partial charge in [-0.15, -0.1) is 11.3 Å². The standard InChI is InChI=1S/C13H18N2O3S/c1-13(12(17)14-2)9-15(5-6-18-13)11(16)8-10-4-3-7-19-10/h3-4,7H,5-6,8-9H2,1-2H3,(H,14,17)/t13-/m0/s1. The summed E-state index contributed by atoms with van der Waals surface area (Å²) in [5, 5.41) is 4.54. The number of hydrogen-bond donors (Lipinski definition) is 1. The van der Waals surface area contributed by atoms with Crippen LogP contribution in [0.3, 0.4) is 0 Å². The van der Waals surface area contributed by atoms with Gasteiger partial charge in [-0.2, -0.15) is 0 Å². The van der Waals surface area contributed by atoms with Gasteiger partial charge in [-0.1, -0.05) is 6.07 Å². The summed E-state index contributed by atoms with van der Waals surface area (Å²) < 4.78 is 5.53. The van der Waals surface area contributed by atoms with Crippen molar-refractivity contribution in [3.05, 3.63) is 22.4 Å². The topological polar surface area (TPSA) is 58.6 Å². The van der Waals surface area contributed by atoms with Crippen LogP contribution in [0.1, 0.15) is 11.8 Å². The number of nitrogens with one attached hydrogen (secondary N) is 1. The molecule has 1 atom stereocenters. The lowest BCUT2D eigenvalue weighted by atomic mass is 10.0. The highest BCUT2D eigenvalue weighted by atomic mass is 32.1. The van der Waals surface area contributed by atoms with Crippen LogP contribution in [0.15, 0.2) is 17.5 Å². The number of likely N-dealkylation sites (N-methyl/N-ethyl adjacent to an activating group) is 1. The van der Waals surface area contributed by atoms with Crippen LogP contribution in [-0.2, 0) is 20.7 Å². The van der Waals surface area contributed by atoms with E-state index in [0.717, 1.165) is 4.88 Å². The second-order valence-electron chi connectivity index (χ2n) is 4.73. The molecule has 1 saturated heterocycles. The lowest BCUT2D eigenvalue weighted by Crippen LogP contribution is -2.59. The van der Waals surface area contributed by atoms with Crippen LogP contribution >= 0.6 is 11.3 Å². The third-order valence-corrected chi connectivity index (χ3v) is 4.12. The Kier molecular flexibility index (Phi) is 4.21. The molecule has 0 aromatic carbocycles. The van der Waals surface area contributed by atoms with Gasteiger partial charge in [0.25, 0.3) is 5.91 Å². The Bertz CT molecular complexity index is 460. The SMILES string of the molecule is CNC(=O)[C@]1(C)CN(C(=O)Cc2cccs2)CCO1. The summed E-state index contributed by atoms with van der Waals surface area (Å²) in [6.07, 6.45) is 0.390. The minimum Gasteiger partial charge on any atom is -0.362 e. The van der Waals surface area contributed by atoms with Crippen molar-refractivity contribution in [1.82, 2.24) is 10.2 Å². The van der Waals surface area contributed by atoms with Crippen molar-refractivity contribution in [2.24, 2.45) is 0 Å². The van der Waals surface area contributed by atoms with Gasteiger partial charge in [-0.3, -0.25) is 9.59 Å². The molecule has 1 fully saturated rings. The average Bonchev–Trinajstić information content (AvgIpc) is 2.90. The number of rotatable bonds is 3. The summed E-state index contributed by atoms with van der Waals surface area (Å²) in [6.45, 7) is 2.95. The molecule has 5 nitrogen and oxygen atoms in total. The second-order valence-corrected chi connectivity index (χ2v) is 5.76. The molecule has 1 aromatic rings. The summed E-state index contributed by atoms with van der Waals surface area (Å²) >= 11 is 1.57. The Morgan fingerprint density at radius 2 is 2.37 bits per heavy atom. The molecule has 0 bridgehead atoms. The summed E-state index contributed by atoms with van der Waals surface area (Å²) in [5.74, 6) is -0.151. The molecule has 0 aliphatic carbocycles. The van der Waals surface area contributed by atoms with Gasteiger partial charge in [-0.05, 0) is 18.4 Å². The number of morpholine rings is 1. The number of hydrogen-bond acceptors (Lipinski definition) is 4. The van der Waals surface area contributed by atoms with Crippen LogP contribution in [0.5, 0.6) is 0 Å². The van der Waals surface area contributed by atoms with E-state index in [4.69, 9.17) is 4.74 Å². The molecule has 0 saturated carbocycles. The van der Waals surface area contributed by atoms with Gasteiger partial charge in [-0.25, -0.2) is 0 Å². The lowest BCUT2D eigenvalue weighted by Gasteiger charge is -2.39. The molecular formula is C13H18N2O3S. The van der Waals surface area contributed by atoms with Crippen molar-refractivity contribution in [2.45, 2.75) is 18.9 Å². The smallest absolute Gasteiger partial charge is 0.253 e. The molecule has 0 spiro atoms. The number of ether oxygens (including phenoxy) is 1. The predicted octanol–water partition coefficient (Wildman–Crippen LogP) is 0.654. The monoisotopic (exact) mass is 282 g/mol. The molecule has 0 radical (unpaired) electrons. The van der Waals surface area contributed by atoms with E-state index in [1.807, 2.05) is 17.5 Å². The summed E-state index contributed by atoms with van der Waals surface area (Å²) in [5.41, 5.74) is -0.946. The van der Waals surface area contributed by atoms with Crippen molar-refractivity contribution in [1.29, 1.82) is 0 Å². The maximum atomic E-state index is 12.2. The molecular weight excluding hydrogens is 264 g/mol. The van der Waals surface area contributed by atoms with Gasteiger partial charge in [0.2, 0.25) is 5.91 Å². The fraction of sp³-hybridized carbons (Fsp3) is 0.538. The fourth-order valence-corrected chi connectivity index (χ4v) is 2.85. The molecule has 0 unspecified atom stereocenters. The van der Waals surface area contributed by atoms with Crippen molar-refractivity contribution in [2.75, 3.05) is 26.7 Å². The fourth-order valence-electron chi connectivity index (χ4n) is 2.16. The average molecular weight is 282 g/mol. The van der Waals surface area contributed by atoms with Gasteiger partial charge in [0.05, 0.1) is 19.6 Å². The Labute approximate surface area is 116 Å². The summed E-state index contributed by atoms with van der Waals surface area (Å²) in [4.78, 5) is 26.8. The Hall–Kier alpha value is -1.40. The van der Waals surface area contributed by atoms with E-state index >= 15 is 0 Å². The first-order valence-electron chi connectivity index (χ1n) is 6.21. The van der Waals surface area contributed by atoms with Crippen LogP contribution in [0, 0.1) is 0 Å². The molecule has 104 valence electrons. The van der Waals surface area contributed by atoms with Crippen molar-refractivity contribution >= 4 is 23.2 Å². The van der Waals surface area contributed by atoms with E-state index in [9.17, 15) is 9.59 Å². The van der Waals surface area contributed by atoms with E-state index in [-0.39, 0.29) is 11.8 Å². The summed E-state index contributed by atoms with van der Waals surface area (Å²) in [7, 11) is 1.57. The maximum absolute atomic E-state index is 12.2. The van der Waals surface area contributed by atoms with Crippen LogP contribution in [0.2, 0.25) is 0 Å². The Morgan fingerprint density at radius 1 is 1.58 bits per heavy atom. The van der Waals surface area contributed by atoms with Gasteiger partial charge >= 0.3 is 0 Å². The Balaban J connectivity index is 2.01. The lowest BCUT2D eigenvalue weighted by molar-refractivity contribution is -0.162. The van der Waals surface area contributed by atoms with Gasteiger partial charge < -0.3 is 15.0 Å². The van der Waals surface area contributed by atoms with E-state index in [2.05, 4.69) is 5.32 Å². The van der Waals surface area contributed by atoms with E-state index in [0.29, 0.717) is 26.1 Å². The van der Waals surface area contributed by atoms with E-state index < -0.39 is 5.60 Å². The van der Waals surface area contributed by atoms with Gasteiger partial charge in [0, 0.05) is 18.5 Å². The number of nitrogens with zero attached hydrogens (tertiary/aromatic N) is 1. The molecule has 1 aliphatic heterocycles. The van der Waals surface area contributed by atoms with Crippen LogP contribution in [-0.4, -0.2) is 49.1 Å². The molecule has 1 aromatic heterocycles. The quantitative estimate of drug-likeness (QED) is 0.886. The summed E-state index contributed by atoms with van der Waals surface area (Å²) in [6, 6.07) is 3.88. The highest BCUT2D eigenvalue weighted by Gasteiger charge is 2.40. The van der Waals surface area contributed by atoms with E-state index in [1.165, 1.54) is 0 Å². The third kappa shape index (κ3) is 3.13. The zero-order valence-electron chi connectivity index (χ0n) is 11.1. The zero-order chi connectivity index (χ0) is 13.9. The first-order chi connectivity index (χ1) is 9.05. The number of amides is 2. The molecule has 1 N–H and O–H groups in total. The molecule has 6 heteroatoms.